The molecule has 0 aromatic carbocycles. The molecule has 0 spiro atoms. The molecule has 1 amide bonds. The predicted octanol–water partition coefficient (Wildman–Crippen LogP) is 1.58. The third-order valence-corrected chi connectivity index (χ3v) is 4.12. The molecule has 2 aromatic rings. The fourth-order valence-corrected chi connectivity index (χ4v) is 2.75. The van der Waals surface area contributed by atoms with Crippen LogP contribution in [0.3, 0.4) is 0 Å². The van der Waals surface area contributed by atoms with Crippen LogP contribution in [0.5, 0.6) is 6.01 Å². The van der Waals surface area contributed by atoms with Gasteiger partial charge < -0.3 is 24.7 Å². The first kappa shape index (κ1) is 18.0. The third-order valence-electron chi connectivity index (χ3n) is 4.12. The number of ether oxygens (including phenoxy) is 1. The third kappa shape index (κ3) is 5.08. The average molecular weight is 360 g/mol. The van der Waals surface area contributed by atoms with Crippen LogP contribution in [-0.2, 0) is 11.3 Å². The Hall–Kier alpha value is -2.84. The summed E-state index contributed by atoms with van der Waals surface area (Å²) < 4.78 is 10.4. The summed E-state index contributed by atoms with van der Waals surface area (Å²) in [6.07, 6.45) is 6.25. The Labute approximate surface area is 152 Å². The van der Waals surface area contributed by atoms with E-state index in [1.54, 1.807) is 18.4 Å². The van der Waals surface area contributed by atoms with E-state index in [9.17, 15) is 4.79 Å². The first-order valence-corrected chi connectivity index (χ1v) is 8.82. The number of hydrogen-bond donors (Lipinski definition) is 2. The number of carbonyl (C=O) groups is 1. The molecule has 26 heavy (non-hydrogen) atoms. The number of amides is 1. The number of carbonyl (C=O) groups excluding carboxylic acids is 1. The van der Waals surface area contributed by atoms with Gasteiger partial charge in [0.25, 0.3) is 0 Å². The lowest BCUT2D eigenvalue weighted by molar-refractivity contribution is -0.119. The zero-order valence-corrected chi connectivity index (χ0v) is 14.9. The number of anilines is 2. The van der Waals surface area contributed by atoms with Gasteiger partial charge in [-0.05, 0) is 25.0 Å². The molecule has 0 bridgehead atoms. The van der Waals surface area contributed by atoms with Gasteiger partial charge in [0, 0.05) is 13.1 Å². The number of nitrogens with one attached hydrogen (secondary N) is 2. The Morgan fingerprint density at radius 1 is 1.23 bits per heavy atom. The SMILES string of the molecule is COc1nc(NCC(=O)NCc2ccco2)nc(N2CCCCCC2)n1. The first-order chi connectivity index (χ1) is 12.7. The Morgan fingerprint density at radius 2 is 2.04 bits per heavy atom. The van der Waals surface area contributed by atoms with E-state index in [-0.39, 0.29) is 18.5 Å². The van der Waals surface area contributed by atoms with Gasteiger partial charge in [0.15, 0.2) is 0 Å². The maximum atomic E-state index is 12.0. The van der Waals surface area contributed by atoms with E-state index in [2.05, 4.69) is 30.5 Å². The molecule has 1 aliphatic rings. The summed E-state index contributed by atoms with van der Waals surface area (Å²) in [7, 11) is 1.52. The molecule has 2 aromatic heterocycles. The summed E-state index contributed by atoms with van der Waals surface area (Å²) in [5.74, 6) is 1.42. The van der Waals surface area contributed by atoms with Gasteiger partial charge in [0.1, 0.15) is 5.76 Å². The van der Waals surface area contributed by atoms with Crippen LogP contribution in [0.4, 0.5) is 11.9 Å². The monoisotopic (exact) mass is 360 g/mol. The smallest absolute Gasteiger partial charge is 0.322 e. The maximum Gasteiger partial charge on any atom is 0.322 e. The zero-order chi connectivity index (χ0) is 18.2. The minimum atomic E-state index is -0.183. The fraction of sp³-hybridized carbons (Fsp3) is 0.529. The van der Waals surface area contributed by atoms with Gasteiger partial charge in [-0.2, -0.15) is 15.0 Å². The molecule has 1 saturated heterocycles. The number of hydrogen-bond acceptors (Lipinski definition) is 8. The molecule has 3 heterocycles. The van der Waals surface area contributed by atoms with Crippen molar-refractivity contribution in [2.24, 2.45) is 0 Å². The number of furan rings is 1. The van der Waals surface area contributed by atoms with Crippen LogP contribution in [0.25, 0.3) is 0 Å². The molecule has 9 heteroatoms. The zero-order valence-electron chi connectivity index (χ0n) is 14.9. The van der Waals surface area contributed by atoms with Crippen molar-refractivity contribution in [2.75, 3.05) is 37.0 Å². The number of rotatable bonds is 7. The van der Waals surface area contributed by atoms with E-state index >= 15 is 0 Å². The molecular weight excluding hydrogens is 336 g/mol. The lowest BCUT2D eigenvalue weighted by Gasteiger charge is -2.20. The van der Waals surface area contributed by atoms with E-state index in [0.29, 0.717) is 24.2 Å². The Bertz CT molecular complexity index is 699. The number of nitrogens with zero attached hydrogens (tertiary/aromatic N) is 4. The quantitative estimate of drug-likeness (QED) is 0.767. The molecule has 0 radical (unpaired) electrons. The van der Waals surface area contributed by atoms with Gasteiger partial charge in [0.2, 0.25) is 17.8 Å². The summed E-state index contributed by atoms with van der Waals surface area (Å²) >= 11 is 0. The molecule has 0 atom stereocenters. The lowest BCUT2D eigenvalue weighted by atomic mass is 10.2. The van der Waals surface area contributed by atoms with Crippen molar-refractivity contribution in [1.82, 2.24) is 20.3 Å². The molecule has 1 fully saturated rings. The maximum absolute atomic E-state index is 12.0. The van der Waals surface area contributed by atoms with Gasteiger partial charge in [-0.25, -0.2) is 0 Å². The van der Waals surface area contributed by atoms with Crippen LogP contribution < -0.4 is 20.3 Å². The van der Waals surface area contributed by atoms with Crippen molar-refractivity contribution < 1.29 is 13.9 Å². The topological polar surface area (TPSA) is 105 Å². The van der Waals surface area contributed by atoms with Crippen LogP contribution in [0, 0.1) is 0 Å². The Balaban J connectivity index is 1.59. The highest BCUT2D eigenvalue weighted by molar-refractivity contribution is 5.80. The van der Waals surface area contributed by atoms with E-state index in [1.807, 2.05) is 0 Å². The summed E-state index contributed by atoms with van der Waals surface area (Å²) in [6.45, 7) is 2.22. The highest BCUT2D eigenvalue weighted by Gasteiger charge is 2.16. The van der Waals surface area contributed by atoms with Gasteiger partial charge in [-0.3, -0.25) is 4.79 Å². The Morgan fingerprint density at radius 3 is 2.73 bits per heavy atom. The van der Waals surface area contributed by atoms with Crippen molar-refractivity contribution in [1.29, 1.82) is 0 Å². The molecule has 0 aliphatic carbocycles. The van der Waals surface area contributed by atoms with Crippen molar-refractivity contribution in [3.63, 3.8) is 0 Å². The van der Waals surface area contributed by atoms with Crippen LogP contribution in [0.2, 0.25) is 0 Å². The van der Waals surface area contributed by atoms with Crippen molar-refractivity contribution >= 4 is 17.8 Å². The normalized spacial score (nSPS) is 14.6. The second-order valence-corrected chi connectivity index (χ2v) is 6.06. The summed E-state index contributed by atoms with van der Waals surface area (Å²) in [5.41, 5.74) is 0. The highest BCUT2D eigenvalue weighted by Crippen LogP contribution is 2.18. The van der Waals surface area contributed by atoms with Crippen molar-refractivity contribution in [3.8, 4) is 6.01 Å². The number of methoxy groups -OCH3 is 1. The molecule has 0 unspecified atom stereocenters. The molecule has 2 N–H and O–H groups in total. The molecule has 0 saturated carbocycles. The van der Waals surface area contributed by atoms with Crippen LogP contribution in [-0.4, -0.2) is 47.6 Å². The van der Waals surface area contributed by atoms with Crippen molar-refractivity contribution in [3.05, 3.63) is 24.2 Å². The minimum Gasteiger partial charge on any atom is -0.467 e. The van der Waals surface area contributed by atoms with E-state index in [4.69, 9.17) is 9.15 Å². The van der Waals surface area contributed by atoms with Gasteiger partial charge in [-0.15, -0.1) is 0 Å². The predicted molar refractivity (Wildman–Crippen MR) is 96.1 cm³/mol. The van der Waals surface area contributed by atoms with Crippen LogP contribution in [0.1, 0.15) is 31.4 Å². The average Bonchev–Trinajstić information content (AvgIpc) is 3.04. The summed E-state index contributed by atoms with van der Waals surface area (Å²) in [4.78, 5) is 27.1. The van der Waals surface area contributed by atoms with E-state index in [1.165, 1.54) is 20.0 Å². The largest absolute Gasteiger partial charge is 0.467 e. The molecule has 1 aliphatic heterocycles. The van der Waals surface area contributed by atoms with E-state index < -0.39 is 0 Å². The summed E-state index contributed by atoms with van der Waals surface area (Å²) in [6, 6.07) is 3.82. The Kier molecular flexibility index (Phi) is 6.24. The first-order valence-electron chi connectivity index (χ1n) is 8.82. The van der Waals surface area contributed by atoms with Gasteiger partial charge >= 0.3 is 6.01 Å². The lowest BCUT2D eigenvalue weighted by Crippen LogP contribution is -2.30. The number of aromatic nitrogens is 3. The summed E-state index contributed by atoms with van der Waals surface area (Å²) in [5, 5.41) is 5.69. The standard InChI is InChI=1S/C17H24N6O3/c1-25-17-21-15(19-12-14(24)18-11-13-7-6-10-26-13)20-16(22-17)23-8-4-2-3-5-9-23/h6-7,10H,2-5,8-9,11-12H2,1H3,(H,18,24)(H,19,20,21,22). The fourth-order valence-electron chi connectivity index (χ4n) is 2.75. The van der Waals surface area contributed by atoms with E-state index in [0.717, 1.165) is 25.9 Å². The van der Waals surface area contributed by atoms with Crippen LogP contribution >= 0.6 is 0 Å². The molecule has 9 nitrogen and oxygen atoms in total. The van der Waals surface area contributed by atoms with Gasteiger partial charge in [0.05, 0.1) is 26.5 Å². The van der Waals surface area contributed by atoms with Crippen LogP contribution in [0.15, 0.2) is 22.8 Å². The molecule has 3 rings (SSSR count). The second-order valence-electron chi connectivity index (χ2n) is 6.06. The molecule has 140 valence electrons. The van der Waals surface area contributed by atoms with Gasteiger partial charge in [-0.1, -0.05) is 12.8 Å². The molecular formula is C17H24N6O3. The second kappa shape index (κ2) is 9.02. The highest BCUT2D eigenvalue weighted by atomic mass is 16.5. The minimum absolute atomic E-state index is 0.0489. The van der Waals surface area contributed by atoms with Crippen molar-refractivity contribution in [2.45, 2.75) is 32.2 Å².